The van der Waals surface area contributed by atoms with Crippen LogP contribution in [0.4, 0.5) is 0 Å². The molecule has 1 atom stereocenters. The molecule has 0 bridgehead atoms. The Labute approximate surface area is 107 Å². The Bertz CT molecular complexity index is 454. The molecule has 1 unspecified atom stereocenters. The summed E-state index contributed by atoms with van der Waals surface area (Å²) < 4.78 is 0. The summed E-state index contributed by atoms with van der Waals surface area (Å²) in [5, 5.41) is 11.6. The highest BCUT2D eigenvalue weighted by Gasteiger charge is 2.23. The van der Waals surface area contributed by atoms with Crippen LogP contribution < -0.4 is 5.32 Å². The summed E-state index contributed by atoms with van der Waals surface area (Å²) in [5.74, 6) is -2.46. The molecule has 1 aromatic carbocycles. The minimum Gasteiger partial charge on any atom is -0.481 e. The summed E-state index contributed by atoms with van der Waals surface area (Å²) >= 11 is 0. The van der Waals surface area contributed by atoms with E-state index in [4.69, 9.17) is 5.11 Å². The predicted octanol–water partition coefficient (Wildman–Crippen LogP) is 2.03. The van der Waals surface area contributed by atoms with Gasteiger partial charge in [0.2, 0.25) is 5.91 Å². The highest BCUT2D eigenvalue weighted by Crippen LogP contribution is 2.11. The van der Waals surface area contributed by atoms with Crippen molar-refractivity contribution in [1.82, 2.24) is 5.32 Å². The van der Waals surface area contributed by atoms with Crippen molar-refractivity contribution in [2.24, 2.45) is 5.92 Å². The molecule has 0 aromatic heterocycles. The first-order chi connectivity index (χ1) is 8.45. The molecule has 0 spiro atoms. The van der Waals surface area contributed by atoms with Gasteiger partial charge >= 0.3 is 5.97 Å². The second-order valence-corrected chi connectivity index (χ2v) is 4.45. The molecule has 0 saturated carbocycles. The Hall–Kier alpha value is -1.84. The van der Waals surface area contributed by atoms with Gasteiger partial charge in [-0.1, -0.05) is 30.7 Å². The van der Waals surface area contributed by atoms with E-state index in [2.05, 4.69) is 5.32 Å². The number of hydrogen-bond donors (Lipinski definition) is 2. The third-order valence-electron chi connectivity index (χ3n) is 2.98. The van der Waals surface area contributed by atoms with Crippen LogP contribution in [-0.2, 0) is 16.1 Å². The number of amides is 1. The Kier molecular flexibility index (Phi) is 4.89. The maximum absolute atomic E-state index is 11.7. The molecule has 0 heterocycles. The number of carbonyl (C=O) groups is 2. The molecule has 0 radical (unpaired) electrons. The number of benzene rings is 1. The van der Waals surface area contributed by atoms with E-state index >= 15 is 0 Å². The second-order valence-electron chi connectivity index (χ2n) is 4.45. The quantitative estimate of drug-likeness (QED) is 0.785. The maximum Gasteiger partial charge on any atom is 0.316 e. The fourth-order valence-corrected chi connectivity index (χ4v) is 1.77. The molecule has 2 N–H and O–H groups in total. The summed E-state index contributed by atoms with van der Waals surface area (Å²) in [6.07, 6.45) is 0.300. The molecule has 1 amide bonds. The molecule has 98 valence electrons. The molecule has 4 heteroatoms. The van der Waals surface area contributed by atoms with Crippen molar-refractivity contribution in [3.63, 3.8) is 0 Å². The van der Waals surface area contributed by atoms with E-state index < -0.39 is 17.8 Å². The van der Waals surface area contributed by atoms with Gasteiger partial charge in [0.15, 0.2) is 0 Å². The zero-order valence-corrected chi connectivity index (χ0v) is 11.0. The fraction of sp³-hybridized carbons (Fsp3) is 0.429. The number of hydrogen-bond acceptors (Lipinski definition) is 2. The van der Waals surface area contributed by atoms with Crippen molar-refractivity contribution >= 4 is 11.9 Å². The predicted molar refractivity (Wildman–Crippen MR) is 69.2 cm³/mol. The first-order valence-corrected chi connectivity index (χ1v) is 6.02. The topological polar surface area (TPSA) is 66.4 Å². The van der Waals surface area contributed by atoms with Crippen molar-refractivity contribution in [2.45, 2.75) is 33.7 Å². The van der Waals surface area contributed by atoms with E-state index in [1.807, 2.05) is 32.0 Å². The van der Waals surface area contributed by atoms with Gasteiger partial charge < -0.3 is 10.4 Å². The molecule has 0 aliphatic carbocycles. The normalized spacial score (nSPS) is 11.9. The fourth-order valence-electron chi connectivity index (χ4n) is 1.77. The Balaban J connectivity index is 2.67. The third-order valence-corrected chi connectivity index (χ3v) is 2.98. The van der Waals surface area contributed by atoms with Crippen LogP contribution in [-0.4, -0.2) is 17.0 Å². The lowest BCUT2D eigenvalue weighted by atomic mass is 10.0. The number of carbonyl (C=O) groups excluding carboxylic acids is 1. The van der Waals surface area contributed by atoms with Gasteiger partial charge in [-0.05, 0) is 31.4 Å². The largest absolute Gasteiger partial charge is 0.481 e. The average molecular weight is 249 g/mol. The Morgan fingerprint density at radius 2 is 2.00 bits per heavy atom. The van der Waals surface area contributed by atoms with Gasteiger partial charge in [-0.15, -0.1) is 0 Å². The minimum atomic E-state index is -1.07. The summed E-state index contributed by atoms with van der Waals surface area (Å²) in [6, 6.07) is 6.00. The molecule has 4 nitrogen and oxygen atoms in total. The van der Waals surface area contributed by atoms with Gasteiger partial charge in [0.25, 0.3) is 0 Å². The van der Waals surface area contributed by atoms with Crippen LogP contribution >= 0.6 is 0 Å². The van der Waals surface area contributed by atoms with Gasteiger partial charge in [-0.3, -0.25) is 9.59 Å². The van der Waals surface area contributed by atoms with Crippen LogP contribution in [0.1, 0.15) is 30.0 Å². The molecule has 18 heavy (non-hydrogen) atoms. The highest BCUT2D eigenvalue weighted by atomic mass is 16.4. The van der Waals surface area contributed by atoms with Gasteiger partial charge in [-0.25, -0.2) is 0 Å². The van der Waals surface area contributed by atoms with Crippen molar-refractivity contribution < 1.29 is 14.7 Å². The molecule has 1 rings (SSSR count). The van der Waals surface area contributed by atoms with Crippen LogP contribution in [0.15, 0.2) is 18.2 Å². The minimum absolute atomic E-state index is 0.300. The van der Waals surface area contributed by atoms with Gasteiger partial charge in [0.1, 0.15) is 5.92 Å². The Morgan fingerprint density at radius 3 is 2.56 bits per heavy atom. The van der Waals surface area contributed by atoms with E-state index in [0.29, 0.717) is 13.0 Å². The molecular formula is C14H19NO3. The van der Waals surface area contributed by atoms with E-state index in [1.165, 1.54) is 0 Å². The van der Waals surface area contributed by atoms with Crippen molar-refractivity contribution in [3.8, 4) is 0 Å². The lowest BCUT2D eigenvalue weighted by Gasteiger charge is -2.12. The first-order valence-electron chi connectivity index (χ1n) is 6.02. The average Bonchev–Trinajstić information content (AvgIpc) is 2.30. The van der Waals surface area contributed by atoms with Gasteiger partial charge in [0.05, 0.1) is 0 Å². The van der Waals surface area contributed by atoms with Crippen LogP contribution in [0.3, 0.4) is 0 Å². The monoisotopic (exact) mass is 249 g/mol. The lowest BCUT2D eigenvalue weighted by molar-refractivity contribution is -0.147. The number of aliphatic carboxylic acids is 1. The zero-order chi connectivity index (χ0) is 13.7. The standard InChI is InChI=1S/C14H19NO3/c1-4-12(14(17)18)13(16)15-8-11-7-9(2)5-6-10(11)3/h5-7,12H,4,8H2,1-3H3,(H,15,16)(H,17,18). The van der Waals surface area contributed by atoms with Crippen LogP contribution in [0.5, 0.6) is 0 Å². The van der Waals surface area contributed by atoms with E-state index in [-0.39, 0.29) is 0 Å². The van der Waals surface area contributed by atoms with Gasteiger partial charge in [0, 0.05) is 6.54 Å². The maximum atomic E-state index is 11.7. The van der Waals surface area contributed by atoms with Gasteiger partial charge in [-0.2, -0.15) is 0 Å². The zero-order valence-electron chi connectivity index (χ0n) is 11.0. The molecule has 0 aliphatic heterocycles. The summed E-state index contributed by atoms with van der Waals surface area (Å²) in [4.78, 5) is 22.5. The first kappa shape index (κ1) is 14.2. The molecule has 0 fully saturated rings. The van der Waals surface area contributed by atoms with Crippen LogP contribution in [0.2, 0.25) is 0 Å². The molecule has 0 aliphatic rings. The molecular weight excluding hydrogens is 230 g/mol. The third kappa shape index (κ3) is 3.58. The van der Waals surface area contributed by atoms with Crippen LogP contribution in [0.25, 0.3) is 0 Å². The number of carboxylic acids is 1. The molecule has 1 aromatic rings. The number of aryl methyl sites for hydroxylation is 2. The summed E-state index contributed by atoms with van der Waals surface area (Å²) in [7, 11) is 0. The van der Waals surface area contributed by atoms with E-state index in [1.54, 1.807) is 6.92 Å². The summed E-state index contributed by atoms with van der Waals surface area (Å²) in [6.45, 7) is 6.01. The second kappa shape index (κ2) is 6.19. The van der Waals surface area contributed by atoms with Crippen molar-refractivity contribution in [1.29, 1.82) is 0 Å². The van der Waals surface area contributed by atoms with Crippen LogP contribution in [0, 0.1) is 19.8 Å². The number of rotatable bonds is 5. The van der Waals surface area contributed by atoms with E-state index in [9.17, 15) is 9.59 Å². The SMILES string of the molecule is CCC(C(=O)O)C(=O)NCc1cc(C)ccc1C. The van der Waals surface area contributed by atoms with Crippen molar-refractivity contribution in [3.05, 3.63) is 34.9 Å². The number of carboxylic acid groups (broad SMARTS) is 1. The molecule has 0 saturated heterocycles. The highest BCUT2D eigenvalue weighted by molar-refractivity contribution is 5.96. The Morgan fingerprint density at radius 1 is 1.33 bits per heavy atom. The smallest absolute Gasteiger partial charge is 0.316 e. The lowest BCUT2D eigenvalue weighted by Crippen LogP contribution is -2.34. The number of nitrogens with one attached hydrogen (secondary N) is 1. The van der Waals surface area contributed by atoms with E-state index in [0.717, 1.165) is 16.7 Å². The summed E-state index contributed by atoms with van der Waals surface area (Å²) in [5.41, 5.74) is 3.22. The van der Waals surface area contributed by atoms with Crippen molar-refractivity contribution in [2.75, 3.05) is 0 Å².